The fraction of sp³-hybridized carbons (Fsp3) is 0.316. The van der Waals surface area contributed by atoms with Gasteiger partial charge in [-0.3, -0.25) is 4.68 Å². The highest BCUT2D eigenvalue weighted by Gasteiger charge is 2.17. The molecule has 0 aliphatic carbocycles. The number of aromatic nitrogens is 3. The first-order valence-electron chi connectivity index (χ1n) is 8.32. The average Bonchev–Trinajstić information content (AvgIpc) is 3.18. The Labute approximate surface area is 156 Å². The van der Waals surface area contributed by atoms with Crippen molar-refractivity contribution in [3.63, 3.8) is 0 Å². The fourth-order valence-electron chi connectivity index (χ4n) is 2.55. The van der Waals surface area contributed by atoms with E-state index in [2.05, 4.69) is 23.9 Å². The molecule has 0 bridgehead atoms. The molecule has 1 aromatic carbocycles. The molecule has 7 heteroatoms. The van der Waals surface area contributed by atoms with Crippen LogP contribution < -0.4 is 4.74 Å². The number of thiazole rings is 1. The standard InChI is InChI=1S/C19H21N3O3S/c1-11(2)10-25-16-6-5-13(7-15(16)14-8-20-22(4)9-14)18-21-12(3)17(26-18)19(23)24/h5-9,11H,10H2,1-4H3,(H,23,24). The molecule has 6 nitrogen and oxygen atoms in total. The van der Waals surface area contributed by atoms with Gasteiger partial charge >= 0.3 is 5.97 Å². The number of hydrogen-bond donors (Lipinski definition) is 1. The Balaban J connectivity index is 2.05. The van der Waals surface area contributed by atoms with Gasteiger partial charge in [0.05, 0.1) is 18.5 Å². The molecule has 1 N–H and O–H groups in total. The Bertz CT molecular complexity index is 943. The van der Waals surface area contributed by atoms with Crippen molar-refractivity contribution in [2.24, 2.45) is 13.0 Å². The monoisotopic (exact) mass is 371 g/mol. The molecule has 2 aromatic heterocycles. The van der Waals surface area contributed by atoms with Gasteiger partial charge in [0.25, 0.3) is 0 Å². The molecule has 0 amide bonds. The highest BCUT2D eigenvalue weighted by molar-refractivity contribution is 7.17. The zero-order chi connectivity index (χ0) is 18.8. The number of hydrogen-bond acceptors (Lipinski definition) is 5. The third-order valence-electron chi connectivity index (χ3n) is 3.81. The maximum atomic E-state index is 11.3. The van der Waals surface area contributed by atoms with E-state index in [0.717, 1.165) is 22.4 Å². The lowest BCUT2D eigenvalue weighted by Crippen LogP contribution is -2.05. The van der Waals surface area contributed by atoms with E-state index in [-0.39, 0.29) is 4.88 Å². The Kier molecular flexibility index (Phi) is 5.08. The summed E-state index contributed by atoms with van der Waals surface area (Å²) in [5.41, 5.74) is 3.25. The minimum absolute atomic E-state index is 0.267. The molecule has 0 saturated carbocycles. The van der Waals surface area contributed by atoms with E-state index in [1.165, 1.54) is 11.3 Å². The number of benzene rings is 1. The number of rotatable bonds is 6. The van der Waals surface area contributed by atoms with Crippen molar-refractivity contribution in [1.82, 2.24) is 14.8 Å². The SMILES string of the molecule is Cc1nc(-c2ccc(OCC(C)C)c(-c3cnn(C)c3)c2)sc1C(=O)O. The Morgan fingerprint density at radius 2 is 2.12 bits per heavy atom. The second-order valence-electron chi connectivity index (χ2n) is 6.56. The van der Waals surface area contributed by atoms with Crippen LogP contribution in [0.5, 0.6) is 5.75 Å². The number of aryl methyl sites for hydroxylation is 2. The van der Waals surface area contributed by atoms with Gasteiger partial charge in [0.15, 0.2) is 0 Å². The van der Waals surface area contributed by atoms with Gasteiger partial charge in [-0.1, -0.05) is 13.8 Å². The smallest absolute Gasteiger partial charge is 0.347 e. The molecule has 0 spiro atoms. The van der Waals surface area contributed by atoms with Gasteiger partial charge in [0, 0.05) is 29.9 Å². The predicted molar refractivity (Wildman–Crippen MR) is 102 cm³/mol. The minimum atomic E-state index is -0.949. The first-order chi connectivity index (χ1) is 12.3. The van der Waals surface area contributed by atoms with E-state index in [0.29, 0.717) is 23.2 Å². The Morgan fingerprint density at radius 3 is 2.69 bits per heavy atom. The van der Waals surface area contributed by atoms with Crippen LogP contribution in [0.2, 0.25) is 0 Å². The van der Waals surface area contributed by atoms with Crippen LogP contribution in [-0.4, -0.2) is 32.4 Å². The van der Waals surface area contributed by atoms with Crippen molar-refractivity contribution in [3.8, 4) is 27.4 Å². The highest BCUT2D eigenvalue weighted by Crippen LogP contribution is 2.36. The summed E-state index contributed by atoms with van der Waals surface area (Å²) in [6.45, 7) is 6.53. The Morgan fingerprint density at radius 1 is 1.35 bits per heavy atom. The van der Waals surface area contributed by atoms with Gasteiger partial charge in [-0.15, -0.1) is 11.3 Å². The summed E-state index contributed by atoms with van der Waals surface area (Å²) >= 11 is 1.18. The van der Waals surface area contributed by atoms with Crippen LogP contribution in [0.3, 0.4) is 0 Å². The fourth-order valence-corrected chi connectivity index (χ4v) is 3.45. The molecule has 0 fully saturated rings. The summed E-state index contributed by atoms with van der Waals surface area (Å²) in [7, 11) is 1.87. The van der Waals surface area contributed by atoms with E-state index in [1.807, 2.05) is 31.4 Å². The lowest BCUT2D eigenvalue weighted by molar-refractivity contribution is 0.0701. The van der Waals surface area contributed by atoms with Crippen LogP contribution in [0.25, 0.3) is 21.7 Å². The zero-order valence-electron chi connectivity index (χ0n) is 15.2. The number of carboxylic acid groups (broad SMARTS) is 1. The van der Waals surface area contributed by atoms with Crippen molar-refractivity contribution in [2.45, 2.75) is 20.8 Å². The van der Waals surface area contributed by atoms with Crippen LogP contribution in [0.4, 0.5) is 0 Å². The van der Waals surface area contributed by atoms with E-state index in [1.54, 1.807) is 17.8 Å². The lowest BCUT2D eigenvalue weighted by atomic mass is 10.0. The largest absolute Gasteiger partial charge is 0.493 e. The van der Waals surface area contributed by atoms with Crippen molar-refractivity contribution >= 4 is 17.3 Å². The second-order valence-corrected chi connectivity index (χ2v) is 7.56. The topological polar surface area (TPSA) is 77.2 Å². The van der Waals surface area contributed by atoms with Gasteiger partial charge < -0.3 is 9.84 Å². The summed E-state index contributed by atoms with van der Waals surface area (Å²) in [6.07, 6.45) is 3.72. The first-order valence-corrected chi connectivity index (χ1v) is 9.13. The first kappa shape index (κ1) is 18.1. The molecular weight excluding hydrogens is 350 g/mol. The molecule has 0 radical (unpaired) electrons. The molecular formula is C19H21N3O3S. The van der Waals surface area contributed by atoms with Crippen LogP contribution in [-0.2, 0) is 7.05 Å². The normalized spacial score (nSPS) is 11.1. The van der Waals surface area contributed by atoms with Crippen LogP contribution >= 0.6 is 11.3 Å². The molecule has 3 aromatic rings. The third kappa shape index (κ3) is 3.77. The molecule has 26 heavy (non-hydrogen) atoms. The van der Waals surface area contributed by atoms with Gasteiger partial charge in [0.2, 0.25) is 0 Å². The molecule has 0 aliphatic heterocycles. The van der Waals surface area contributed by atoms with Crippen molar-refractivity contribution < 1.29 is 14.6 Å². The second kappa shape index (κ2) is 7.29. The number of aromatic carboxylic acids is 1. The molecule has 0 aliphatic rings. The quantitative estimate of drug-likeness (QED) is 0.701. The van der Waals surface area contributed by atoms with Gasteiger partial charge in [-0.2, -0.15) is 5.10 Å². The van der Waals surface area contributed by atoms with E-state index in [9.17, 15) is 9.90 Å². The predicted octanol–water partition coefficient (Wildman–Crippen LogP) is 4.25. The number of carboxylic acids is 1. The van der Waals surface area contributed by atoms with Crippen molar-refractivity contribution in [3.05, 3.63) is 41.2 Å². The number of carbonyl (C=O) groups is 1. The molecule has 0 saturated heterocycles. The molecule has 2 heterocycles. The maximum Gasteiger partial charge on any atom is 0.347 e. The van der Waals surface area contributed by atoms with Crippen LogP contribution in [0.15, 0.2) is 30.6 Å². The van der Waals surface area contributed by atoms with Gasteiger partial charge in [-0.05, 0) is 31.0 Å². The average molecular weight is 371 g/mol. The summed E-state index contributed by atoms with van der Waals surface area (Å²) in [5, 5.41) is 14.2. The molecule has 136 valence electrons. The summed E-state index contributed by atoms with van der Waals surface area (Å²) in [6, 6.07) is 5.81. The van der Waals surface area contributed by atoms with Crippen molar-refractivity contribution in [2.75, 3.05) is 6.61 Å². The lowest BCUT2D eigenvalue weighted by Gasteiger charge is -2.13. The van der Waals surface area contributed by atoms with E-state index < -0.39 is 5.97 Å². The summed E-state index contributed by atoms with van der Waals surface area (Å²) < 4.78 is 7.71. The third-order valence-corrected chi connectivity index (χ3v) is 5.00. The summed E-state index contributed by atoms with van der Waals surface area (Å²) in [4.78, 5) is 16.0. The van der Waals surface area contributed by atoms with Crippen LogP contribution in [0, 0.1) is 12.8 Å². The van der Waals surface area contributed by atoms with E-state index in [4.69, 9.17) is 4.74 Å². The minimum Gasteiger partial charge on any atom is -0.493 e. The zero-order valence-corrected chi connectivity index (χ0v) is 16.0. The van der Waals surface area contributed by atoms with E-state index >= 15 is 0 Å². The number of ether oxygens (including phenoxy) is 1. The van der Waals surface area contributed by atoms with Gasteiger partial charge in [-0.25, -0.2) is 9.78 Å². The number of nitrogens with zero attached hydrogens (tertiary/aromatic N) is 3. The summed E-state index contributed by atoms with van der Waals surface area (Å²) in [5.74, 6) is 0.244. The van der Waals surface area contributed by atoms with Gasteiger partial charge in [0.1, 0.15) is 15.6 Å². The van der Waals surface area contributed by atoms with Crippen molar-refractivity contribution in [1.29, 1.82) is 0 Å². The molecule has 0 atom stereocenters. The maximum absolute atomic E-state index is 11.3. The molecule has 0 unspecified atom stereocenters. The molecule has 3 rings (SSSR count). The van der Waals surface area contributed by atoms with Crippen LogP contribution in [0.1, 0.15) is 29.2 Å². The highest BCUT2D eigenvalue weighted by atomic mass is 32.1. The Hall–Kier alpha value is -2.67.